The van der Waals surface area contributed by atoms with Crippen LogP contribution in [0.3, 0.4) is 0 Å². The van der Waals surface area contributed by atoms with E-state index < -0.39 is 72.2 Å². The number of nitrogens with zero attached hydrogens (tertiary/aromatic N) is 4. The van der Waals surface area contributed by atoms with Crippen LogP contribution in [0.25, 0.3) is 0 Å². The van der Waals surface area contributed by atoms with Crippen molar-refractivity contribution in [3.63, 3.8) is 0 Å². The molecule has 0 aliphatic heterocycles. The molecule has 0 aliphatic carbocycles. The largest absolute Gasteiger partial charge is 0.460 e. The summed E-state index contributed by atoms with van der Waals surface area (Å²) < 4.78 is 32.2. The van der Waals surface area contributed by atoms with Crippen LogP contribution in [0.1, 0.15) is 120 Å². The number of hydrogen-bond donors (Lipinski definition) is 2. The van der Waals surface area contributed by atoms with E-state index in [-0.39, 0.29) is 83.8 Å². The minimum atomic E-state index is -0.993. The first-order valence-corrected chi connectivity index (χ1v) is 19.8. The van der Waals surface area contributed by atoms with Crippen LogP contribution in [0.2, 0.25) is 0 Å². The molecule has 0 heterocycles. The van der Waals surface area contributed by atoms with Crippen molar-refractivity contribution >= 4 is 70.1 Å². The summed E-state index contributed by atoms with van der Waals surface area (Å²) in [5, 5.41) is 7.64. The van der Waals surface area contributed by atoms with Crippen molar-refractivity contribution in [2.24, 2.45) is 20.2 Å². The van der Waals surface area contributed by atoms with Gasteiger partial charge in [-0.05, 0) is 81.1 Å². The number of nitrogens with one attached hydrogen (secondary N) is 2. The van der Waals surface area contributed by atoms with E-state index in [0.29, 0.717) is 23.6 Å². The predicted molar refractivity (Wildman–Crippen MR) is 221 cm³/mol. The Morgan fingerprint density at radius 2 is 0.783 bits per heavy atom. The van der Waals surface area contributed by atoms with Gasteiger partial charge in [0.25, 0.3) is 0 Å². The molecule has 0 spiro atoms. The van der Waals surface area contributed by atoms with E-state index in [4.69, 9.17) is 28.4 Å². The number of carbonyl (C=O) groups is 8. The van der Waals surface area contributed by atoms with Crippen LogP contribution in [0, 0.1) is 0 Å². The quantitative estimate of drug-likeness (QED) is 0.0334. The molecular weight excluding hydrogens is 788 g/mol. The Balaban J connectivity index is 4.31. The smallest absolute Gasteiger partial charge is 0.309 e. The van der Waals surface area contributed by atoms with Crippen LogP contribution in [-0.4, -0.2) is 135 Å². The van der Waals surface area contributed by atoms with Gasteiger partial charge in [-0.25, -0.2) is 10.9 Å². The van der Waals surface area contributed by atoms with Gasteiger partial charge in [0.1, 0.15) is 31.0 Å². The van der Waals surface area contributed by atoms with E-state index in [2.05, 4.69) is 31.0 Å². The van der Waals surface area contributed by atoms with Gasteiger partial charge in [0.05, 0.1) is 52.1 Å². The lowest BCUT2D eigenvalue weighted by molar-refractivity contribution is -0.156. The highest BCUT2D eigenvalue weighted by Gasteiger charge is 2.17. The Hall–Kier alpha value is -5.24. The lowest BCUT2D eigenvalue weighted by atomic mass is 10.2. The average molecular weight is 853 g/mol. The van der Waals surface area contributed by atoms with Gasteiger partial charge in [-0.1, -0.05) is 6.92 Å². The van der Waals surface area contributed by atoms with Crippen molar-refractivity contribution in [1.29, 1.82) is 0 Å². The Labute approximate surface area is 352 Å². The van der Waals surface area contributed by atoms with E-state index in [0.717, 1.165) is 5.71 Å². The molecule has 60 heavy (non-hydrogen) atoms. The first-order valence-electron chi connectivity index (χ1n) is 19.8. The molecule has 0 fully saturated rings. The maximum atomic E-state index is 12.3. The van der Waals surface area contributed by atoms with Crippen LogP contribution in [0.15, 0.2) is 20.2 Å². The number of ketones is 2. The molecular formula is C40H64N6O14. The van der Waals surface area contributed by atoms with Crippen LogP contribution >= 0.6 is 0 Å². The molecule has 0 rings (SSSR count). The van der Waals surface area contributed by atoms with Crippen LogP contribution in [0.5, 0.6) is 0 Å². The van der Waals surface area contributed by atoms with Crippen LogP contribution in [0.4, 0.5) is 0 Å². The Bertz CT molecular complexity index is 1570. The molecule has 0 aromatic heterocycles. The number of esters is 4. The second-order valence-corrected chi connectivity index (χ2v) is 14.1. The molecule has 0 aromatic rings. The third kappa shape index (κ3) is 29.0. The molecule has 4 atom stereocenters. The topological polar surface area (TPSA) is 265 Å². The molecule has 0 saturated heterocycles. The van der Waals surface area contributed by atoms with Gasteiger partial charge in [0, 0.05) is 36.3 Å². The molecule has 0 saturated carbocycles. The number of Topliss-reactive ketones (excluding diaryl/α,β-unsaturated/α-hetero) is 2. The number of ether oxygens (including phenoxy) is 6. The lowest BCUT2D eigenvalue weighted by Crippen LogP contribution is -2.30. The van der Waals surface area contributed by atoms with Crippen molar-refractivity contribution in [2.75, 3.05) is 40.0 Å². The molecule has 0 aliphatic rings. The summed E-state index contributed by atoms with van der Waals surface area (Å²) in [6.45, 7) is 14.7. The van der Waals surface area contributed by atoms with E-state index in [1.165, 1.54) is 0 Å². The summed E-state index contributed by atoms with van der Waals surface area (Å²) in [4.78, 5) is 104. The maximum absolute atomic E-state index is 12.3. The van der Waals surface area contributed by atoms with Gasteiger partial charge in [-0.3, -0.25) is 48.3 Å². The molecule has 4 unspecified atom stereocenters. The first-order chi connectivity index (χ1) is 28.2. The van der Waals surface area contributed by atoms with Gasteiger partial charge >= 0.3 is 35.7 Å². The predicted octanol–water partition coefficient (Wildman–Crippen LogP) is 2.95. The summed E-state index contributed by atoms with van der Waals surface area (Å²) >= 11 is 0. The number of hydrogen-bond acceptors (Lipinski definition) is 18. The number of hydrazone groups is 2. The number of aliphatic imine (C=N–C) groups is 2. The number of carbonyl (C=O) groups excluding carboxylic acids is 8. The fraction of sp³-hybridized carbons (Fsp3) is 0.700. The molecule has 2 N–H and O–H groups in total. The summed E-state index contributed by atoms with van der Waals surface area (Å²) in [6.07, 6.45) is -0.895. The monoisotopic (exact) mass is 852 g/mol. The molecule has 0 radical (unpaired) electrons. The fourth-order valence-corrected chi connectivity index (χ4v) is 4.36. The number of rotatable bonds is 31. The summed E-state index contributed by atoms with van der Waals surface area (Å²) in [5.41, 5.74) is 6.41. The van der Waals surface area contributed by atoms with Gasteiger partial charge in [-0.15, -0.1) is 0 Å². The van der Waals surface area contributed by atoms with Gasteiger partial charge in [-0.2, -0.15) is 10.2 Å². The molecule has 20 nitrogen and oxygen atoms in total. The van der Waals surface area contributed by atoms with Crippen molar-refractivity contribution in [3.05, 3.63) is 0 Å². The van der Waals surface area contributed by atoms with Crippen molar-refractivity contribution in [3.8, 4) is 0 Å². The fourth-order valence-electron chi connectivity index (χ4n) is 4.36. The van der Waals surface area contributed by atoms with Crippen molar-refractivity contribution < 1.29 is 66.8 Å². The van der Waals surface area contributed by atoms with Gasteiger partial charge in [0.2, 0.25) is 11.6 Å². The zero-order valence-corrected chi connectivity index (χ0v) is 36.7. The third-order valence-electron chi connectivity index (χ3n) is 7.90. The average Bonchev–Trinajstić information content (AvgIpc) is 3.19. The summed E-state index contributed by atoms with van der Waals surface area (Å²) in [5.74, 6) is -5.15. The summed E-state index contributed by atoms with van der Waals surface area (Å²) in [6, 6.07) is 0. The van der Waals surface area contributed by atoms with Gasteiger partial charge < -0.3 is 28.4 Å². The van der Waals surface area contributed by atoms with Gasteiger partial charge in [0.15, 0.2) is 0 Å². The summed E-state index contributed by atoms with van der Waals surface area (Å²) in [7, 11) is 1.66. The second-order valence-electron chi connectivity index (χ2n) is 14.1. The number of amides is 2. The zero-order chi connectivity index (χ0) is 45.6. The molecule has 0 bridgehead atoms. The zero-order valence-electron chi connectivity index (χ0n) is 36.7. The van der Waals surface area contributed by atoms with E-state index >= 15 is 0 Å². The highest BCUT2D eigenvalue weighted by atomic mass is 16.6. The molecule has 20 heteroatoms. The SMILES string of the molecule is CCC(=O)C(=O)N/N=C(\C)CCC(=O)OC(C)COCC(C)OC(=O)CC/C(C)=N/NC(=O)C(=O)CN=C(C)CCC(=O)OC(C)COCC(C)OC(=O)CCC(C)=NC. The third-order valence-corrected chi connectivity index (χ3v) is 7.90. The maximum Gasteiger partial charge on any atom is 0.309 e. The minimum Gasteiger partial charge on any atom is -0.460 e. The Morgan fingerprint density at radius 3 is 1.12 bits per heavy atom. The highest BCUT2D eigenvalue weighted by Crippen LogP contribution is 2.06. The van der Waals surface area contributed by atoms with E-state index in [9.17, 15) is 38.4 Å². The van der Waals surface area contributed by atoms with Crippen molar-refractivity contribution in [2.45, 2.75) is 145 Å². The Morgan fingerprint density at radius 1 is 0.467 bits per heavy atom. The van der Waals surface area contributed by atoms with E-state index in [1.54, 1.807) is 62.4 Å². The highest BCUT2D eigenvalue weighted by molar-refractivity contribution is 6.37. The molecule has 0 aromatic carbocycles. The molecule has 338 valence electrons. The second kappa shape index (κ2) is 31.7. The normalized spacial score (nSPS) is 14.2. The minimum absolute atomic E-state index is 0.00304. The van der Waals surface area contributed by atoms with E-state index in [1.807, 2.05) is 6.92 Å². The van der Waals surface area contributed by atoms with Crippen molar-refractivity contribution in [1.82, 2.24) is 10.9 Å². The standard InChI is InChI=1S/C40H64N6O14/c1-11-33(47)39(53)45-43-27(4)14-18-37(51)59-31(8)23-56-24-32(9)60-38(52)19-15-28(5)44-46-40(54)34(48)20-42-26(3)13-17-36(50)58-30(7)22-55-21-29(6)57-35(49)16-12-25(2)41-10/h29-32H,11-24H2,1-10H3,(H,45,53)(H,46,54)/b41-25?,42-26?,43-27+,44-28+. The van der Waals surface area contributed by atoms with Crippen LogP contribution < -0.4 is 10.9 Å². The van der Waals surface area contributed by atoms with Crippen LogP contribution in [-0.2, 0) is 66.8 Å². The molecule has 2 amide bonds. The lowest BCUT2D eigenvalue weighted by Gasteiger charge is -2.17. The Kier molecular flexibility index (Phi) is 28.9. The first kappa shape index (κ1) is 54.8.